The Labute approximate surface area is 101 Å². The molecule has 1 aromatic heterocycles. The van der Waals surface area contributed by atoms with E-state index < -0.39 is 7.59 Å². The molecule has 1 N–H and O–H groups in total. The van der Waals surface area contributed by atoms with E-state index in [0.29, 0.717) is 5.95 Å². The van der Waals surface area contributed by atoms with Gasteiger partial charge in [-0.05, 0) is 19.9 Å². The Morgan fingerprint density at radius 3 is 2.00 bits per heavy atom. The quantitative estimate of drug-likeness (QED) is 0.643. The van der Waals surface area contributed by atoms with Gasteiger partial charge >= 0.3 is 7.59 Å². The molecule has 0 aromatic carbocycles. The first-order valence-corrected chi connectivity index (χ1v) is 7.41. The predicted octanol–water partition coefficient (Wildman–Crippen LogP) is 1.24. The number of aryl methyl sites for hydroxylation is 2. The average molecular weight is 253 g/mol. The molecular weight excluding hydrogens is 237 g/mol. The molecule has 2 aliphatic heterocycles. The van der Waals surface area contributed by atoms with E-state index in [-0.39, 0.29) is 0 Å². The van der Waals surface area contributed by atoms with E-state index in [0.717, 1.165) is 37.6 Å². The maximum absolute atomic E-state index is 12.8. The van der Waals surface area contributed by atoms with Crippen molar-refractivity contribution in [2.45, 2.75) is 13.8 Å². The first-order chi connectivity index (χ1) is 8.08. The number of anilines is 1. The van der Waals surface area contributed by atoms with E-state index in [1.165, 1.54) is 0 Å². The summed E-state index contributed by atoms with van der Waals surface area (Å²) in [6, 6.07) is 1.91. The van der Waals surface area contributed by atoms with E-state index in [1.807, 2.05) is 29.3 Å². The summed E-state index contributed by atoms with van der Waals surface area (Å²) < 4.78 is 16.7. The second kappa shape index (κ2) is 3.77. The fourth-order valence-electron chi connectivity index (χ4n) is 1.86. The van der Waals surface area contributed by atoms with Crippen molar-refractivity contribution in [3.8, 4) is 0 Å². The highest BCUT2D eigenvalue weighted by atomic mass is 31.2. The van der Waals surface area contributed by atoms with Gasteiger partial charge in [0.2, 0.25) is 5.95 Å². The topological polar surface area (TPSA) is 60.9 Å². The zero-order valence-corrected chi connectivity index (χ0v) is 10.9. The lowest BCUT2D eigenvalue weighted by Crippen LogP contribution is -2.14. The number of aromatic nitrogens is 2. The van der Waals surface area contributed by atoms with Crippen LogP contribution in [0.4, 0.5) is 5.95 Å². The summed E-state index contributed by atoms with van der Waals surface area (Å²) >= 11 is 0. The minimum Gasteiger partial charge on any atom is -0.281 e. The molecule has 2 fully saturated rings. The van der Waals surface area contributed by atoms with Crippen molar-refractivity contribution in [2.24, 2.45) is 0 Å². The second-order valence-electron chi connectivity index (χ2n) is 4.54. The van der Waals surface area contributed by atoms with Crippen LogP contribution in [0.15, 0.2) is 6.07 Å². The van der Waals surface area contributed by atoms with Gasteiger partial charge in [0.1, 0.15) is 0 Å². The molecule has 2 saturated heterocycles. The van der Waals surface area contributed by atoms with Crippen LogP contribution in [-0.2, 0) is 4.57 Å². The van der Waals surface area contributed by atoms with Gasteiger partial charge in [0.15, 0.2) is 0 Å². The molecule has 0 amide bonds. The highest BCUT2D eigenvalue weighted by Crippen LogP contribution is 2.58. The molecule has 2 aliphatic rings. The van der Waals surface area contributed by atoms with E-state index in [4.69, 9.17) is 0 Å². The van der Waals surface area contributed by atoms with Crippen LogP contribution in [0, 0.1) is 13.8 Å². The third kappa shape index (κ3) is 2.20. The van der Waals surface area contributed by atoms with Crippen LogP contribution in [0.3, 0.4) is 0 Å². The molecule has 0 aliphatic carbocycles. The molecule has 0 atom stereocenters. The smallest absolute Gasteiger partial charge is 0.281 e. The molecule has 92 valence electrons. The van der Waals surface area contributed by atoms with Crippen molar-refractivity contribution >= 4 is 13.5 Å². The summed E-state index contributed by atoms with van der Waals surface area (Å²) in [7, 11) is -2.61. The summed E-state index contributed by atoms with van der Waals surface area (Å²) in [6.45, 7) is 7.41. The van der Waals surface area contributed by atoms with Crippen molar-refractivity contribution < 1.29 is 4.57 Å². The first-order valence-electron chi connectivity index (χ1n) is 5.79. The summed E-state index contributed by atoms with van der Waals surface area (Å²) in [4.78, 5) is 8.58. The fraction of sp³-hybridized carbons (Fsp3) is 0.600. The standard InChI is InChI=1S/C10H16N5OP/c1-8-7-9(2)12-10(11-8)13-17(16,14-3-4-14)15-5-6-15/h7H,3-6H2,1-2H3,(H,11,12,13,16). The Bertz CT molecular complexity index is 461. The lowest BCUT2D eigenvalue weighted by Gasteiger charge is -2.20. The van der Waals surface area contributed by atoms with E-state index in [1.54, 1.807) is 0 Å². The summed E-state index contributed by atoms with van der Waals surface area (Å²) in [5.41, 5.74) is 1.78. The normalized spacial score (nSPS) is 20.4. The van der Waals surface area contributed by atoms with Gasteiger partial charge in [0.05, 0.1) is 0 Å². The van der Waals surface area contributed by atoms with E-state index in [2.05, 4.69) is 15.1 Å². The summed E-state index contributed by atoms with van der Waals surface area (Å²) in [5.74, 6) is 0.477. The highest BCUT2D eigenvalue weighted by molar-refractivity contribution is 7.61. The number of nitrogens with zero attached hydrogens (tertiary/aromatic N) is 4. The Hall–Kier alpha value is -0.970. The molecule has 1 aromatic rings. The molecule has 0 bridgehead atoms. The van der Waals surface area contributed by atoms with Crippen LogP contribution in [-0.4, -0.2) is 45.5 Å². The lowest BCUT2D eigenvalue weighted by molar-refractivity contribution is 0.523. The van der Waals surface area contributed by atoms with Crippen molar-refractivity contribution in [1.82, 2.24) is 19.3 Å². The molecule has 3 heterocycles. The van der Waals surface area contributed by atoms with Gasteiger partial charge in [-0.2, -0.15) is 0 Å². The largest absolute Gasteiger partial charge is 0.311 e. The number of hydrogen-bond acceptors (Lipinski definition) is 3. The van der Waals surface area contributed by atoms with Gasteiger partial charge in [-0.1, -0.05) is 0 Å². The molecular formula is C10H16N5OP. The molecule has 3 rings (SSSR count). The van der Waals surface area contributed by atoms with Gasteiger partial charge < -0.3 is 0 Å². The minimum atomic E-state index is -2.61. The van der Waals surface area contributed by atoms with Crippen LogP contribution in [0.25, 0.3) is 0 Å². The third-order valence-electron chi connectivity index (χ3n) is 2.84. The molecule has 0 unspecified atom stereocenters. The van der Waals surface area contributed by atoms with Crippen LogP contribution in [0.2, 0.25) is 0 Å². The zero-order chi connectivity index (χ0) is 12.0. The molecule has 7 heteroatoms. The second-order valence-corrected chi connectivity index (χ2v) is 6.98. The van der Waals surface area contributed by atoms with Crippen molar-refractivity contribution in [3.63, 3.8) is 0 Å². The third-order valence-corrected chi connectivity index (χ3v) is 5.67. The van der Waals surface area contributed by atoms with E-state index in [9.17, 15) is 4.57 Å². The number of hydrogen-bond donors (Lipinski definition) is 1. The fourth-order valence-corrected chi connectivity index (χ4v) is 4.12. The van der Waals surface area contributed by atoms with Crippen molar-refractivity contribution in [1.29, 1.82) is 0 Å². The Balaban J connectivity index is 1.87. The predicted molar refractivity (Wildman–Crippen MR) is 65.9 cm³/mol. The summed E-state index contributed by atoms with van der Waals surface area (Å²) in [6.07, 6.45) is 0. The molecule has 0 spiro atoms. The monoisotopic (exact) mass is 253 g/mol. The molecule has 6 nitrogen and oxygen atoms in total. The van der Waals surface area contributed by atoms with Gasteiger partial charge in [-0.15, -0.1) is 0 Å². The Morgan fingerprint density at radius 1 is 1.12 bits per heavy atom. The molecule has 0 radical (unpaired) electrons. The van der Waals surface area contributed by atoms with E-state index >= 15 is 0 Å². The van der Waals surface area contributed by atoms with Crippen LogP contribution < -0.4 is 5.09 Å². The van der Waals surface area contributed by atoms with Crippen LogP contribution in [0.5, 0.6) is 0 Å². The van der Waals surface area contributed by atoms with Gasteiger partial charge in [-0.3, -0.25) is 9.65 Å². The van der Waals surface area contributed by atoms with Gasteiger partial charge in [-0.25, -0.2) is 19.3 Å². The Kier molecular flexibility index (Phi) is 2.47. The van der Waals surface area contributed by atoms with Crippen LogP contribution >= 0.6 is 7.59 Å². The van der Waals surface area contributed by atoms with Gasteiger partial charge in [0.25, 0.3) is 0 Å². The summed E-state index contributed by atoms with van der Waals surface area (Å²) in [5, 5.41) is 3.05. The maximum atomic E-state index is 12.8. The minimum absolute atomic E-state index is 0.477. The van der Waals surface area contributed by atoms with Crippen molar-refractivity contribution in [2.75, 3.05) is 31.3 Å². The average Bonchev–Trinajstić information content (AvgIpc) is 3.09. The molecule has 0 saturated carbocycles. The van der Waals surface area contributed by atoms with Crippen LogP contribution in [0.1, 0.15) is 11.4 Å². The maximum Gasteiger partial charge on any atom is 0.311 e. The SMILES string of the molecule is Cc1cc(C)nc(NP(=O)(N2CC2)N2CC2)n1. The first kappa shape index (κ1) is 11.1. The number of nitrogens with one attached hydrogen (secondary N) is 1. The zero-order valence-electron chi connectivity index (χ0n) is 10.1. The van der Waals surface area contributed by atoms with Gasteiger partial charge in [0, 0.05) is 37.6 Å². The lowest BCUT2D eigenvalue weighted by atomic mass is 10.4. The highest BCUT2D eigenvalue weighted by Gasteiger charge is 2.48. The van der Waals surface area contributed by atoms with Crippen molar-refractivity contribution in [3.05, 3.63) is 17.5 Å². The molecule has 17 heavy (non-hydrogen) atoms. The number of rotatable bonds is 4. The Morgan fingerprint density at radius 2 is 1.59 bits per heavy atom.